The van der Waals surface area contributed by atoms with Crippen molar-refractivity contribution in [2.75, 3.05) is 6.61 Å². The van der Waals surface area contributed by atoms with Crippen LogP contribution in [0.1, 0.15) is 30.1 Å². The SMILES string of the molecule is C=C(C(=O)O)N(OCCCC)C(=O)c1ccccc1. The summed E-state index contributed by atoms with van der Waals surface area (Å²) in [7, 11) is 0. The van der Waals surface area contributed by atoms with Crippen LogP contribution in [0.2, 0.25) is 0 Å². The molecule has 5 heteroatoms. The molecule has 0 spiro atoms. The van der Waals surface area contributed by atoms with E-state index in [9.17, 15) is 9.59 Å². The first-order chi connectivity index (χ1) is 9.07. The normalized spacial score (nSPS) is 9.95. The molecule has 0 fully saturated rings. The van der Waals surface area contributed by atoms with E-state index in [-0.39, 0.29) is 6.61 Å². The van der Waals surface area contributed by atoms with Crippen molar-refractivity contribution in [3.8, 4) is 0 Å². The summed E-state index contributed by atoms with van der Waals surface area (Å²) in [5, 5.41) is 9.67. The summed E-state index contributed by atoms with van der Waals surface area (Å²) in [6.45, 7) is 5.60. The van der Waals surface area contributed by atoms with E-state index in [0.29, 0.717) is 5.56 Å². The van der Waals surface area contributed by atoms with Gasteiger partial charge in [-0.2, -0.15) is 5.06 Å². The Morgan fingerprint density at radius 2 is 1.95 bits per heavy atom. The molecule has 0 aliphatic heterocycles. The number of rotatable bonds is 7. The molecular formula is C14H17NO4. The number of amides is 1. The number of unbranched alkanes of at least 4 members (excludes halogenated alkanes) is 1. The van der Waals surface area contributed by atoms with Crippen molar-refractivity contribution in [1.29, 1.82) is 0 Å². The van der Waals surface area contributed by atoms with Crippen LogP contribution in [-0.2, 0) is 9.63 Å². The topological polar surface area (TPSA) is 66.8 Å². The first-order valence-electron chi connectivity index (χ1n) is 6.02. The van der Waals surface area contributed by atoms with Gasteiger partial charge in [0, 0.05) is 5.56 Å². The zero-order chi connectivity index (χ0) is 14.3. The lowest BCUT2D eigenvalue weighted by atomic mass is 10.2. The number of carboxylic acid groups (broad SMARTS) is 1. The van der Waals surface area contributed by atoms with Gasteiger partial charge in [-0.3, -0.25) is 9.63 Å². The second-order valence-electron chi connectivity index (χ2n) is 3.90. The van der Waals surface area contributed by atoms with Crippen molar-refractivity contribution >= 4 is 11.9 Å². The van der Waals surface area contributed by atoms with Gasteiger partial charge in [0.25, 0.3) is 5.91 Å². The molecule has 1 aromatic carbocycles. The predicted molar refractivity (Wildman–Crippen MR) is 70.2 cm³/mol. The van der Waals surface area contributed by atoms with Crippen LogP contribution in [0.3, 0.4) is 0 Å². The third-order valence-corrected chi connectivity index (χ3v) is 2.42. The molecule has 0 aliphatic carbocycles. The monoisotopic (exact) mass is 263 g/mol. The number of hydrogen-bond donors (Lipinski definition) is 1. The second-order valence-corrected chi connectivity index (χ2v) is 3.90. The Hall–Kier alpha value is -2.14. The van der Waals surface area contributed by atoms with Gasteiger partial charge in [0.05, 0.1) is 6.61 Å². The summed E-state index contributed by atoms with van der Waals surface area (Å²) in [6, 6.07) is 8.34. The van der Waals surface area contributed by atoms with Crippen molar-refractivity contribution < 1.29 is 19.5 Å². The number of benzene rings is 1. The van der Waals surface area contributed by atoms with Crippen molar-refractivity contribution in [3.05, 3.63) is 48.2 Å². The van der Waals surface area contributed by atoms with E-state index in [1.807, 2.05) is 6.92 Å². The first-order valence-corrected chi connectivity index (χ1v) is 6.02. The lowest BCUT2D eigenvalue weighted by molar-refractivity contribution is -0.145. The van der Waals surface area contributed by atoms with Crippen LogP contribution < -0.4 is 0 Å². The summed E-state index contributed by atoms with van der Waals surface area (Å²) in [4.78, 5) is 28.3. The molecule has 0 bridgehead atoms. The summed E-state index contributed by atoms with van der Waals surface area (Å²) >= 11 is 0. The van der Waals surface area contributed by atoms with Gasteiger partial charge in [0.1, 0.15) is 0 Å². The molecule has 0 unspecified atom stereocenters. The number of hydrogen-bond acceptors (Lipinski definition) is 3. The highest BCUT2D eigenvalue weighted by Gasteiger charge is 2.23. The van der Waals surface area contributed by atoms with Crippen LogP contribution in [0.5, 0.6) is 0 Å². The van der Waals surface area contributed by atoms with Gasteiger partial charge in [0.2, 0.25) is 0 Å². The van der Waals surface area contributed by atoms with Gasteiger partial charge >= 0.3 is 5.97 Å². The van der Waals surface area contributed by atoms with E-state index in [2.05, 4.69) is 6.58 Å². The van der Waals surface area contributed by atoms with Crippen LogP contribution in [0.15, 0.2) is 42.6 Å². The number of aliphatic carboxylic acids is 1. The van der Waals surface area contributed by atoms with Crippen molar-refractivity contribution in [2.45, 2.75) is 19.8 Å². The van der Waals surface area contributed by atoms with Gasteiger partial charge in [-0.25, -0.2) is 4.79 Å². The lowest BCUT2D eigenvalue weighted by Gasteiger charge is -2.21. The standard InChI is InChI=1S/C14H17NO4/c1-3-4-10-19-15(11(2)14(17)18)13(16)12-8-6-5-7-9-12/h5-9H,2-4,10H2,1H3,(H,17,18). The summed E-state index contributed by atoms with van der Waals surface area (Å²) in [5.74, 6) is -1.83. The maximum Gasteiger partial charge on any atom is 0.354 e. The van der Waals surface area contributed by atoms with Crippen molar-refractivity contribution in [2.24, 2.45) is 0 Å². The van der Waals surface area contributed by atoms with Crippen LogP contribution in [0, 0.1) is 0 Å². The largest absolute Gasteiger partial charge is 0.477 e. The molecule has 0 saturated heterocycles. The minimum absolute atomic E-state index is 0.265. The highest BCUT2D eigenvalue weighted by molar-refractivity contribution is 5.99. The first kappa shape index (κ1) is 14.9. The van der Waals surface area contributed by atoms with Gasteiger partial charge in [-0.1, -0.05) is 38.1 Å². The molecule has 0 saturated carbocycles. The maximum atomic E-state index is 12.2. The minimum Gasteiger partial charge on any atom is -0.477 e. The Kier molecular flexibility index (Phi) is 5.75. The van der Waals surface area contributed by atoms with Gasteiger partial charge in [-0.05, 0) is 18.6 Å². The highest BCUT2D eigenvalue weighted by atomic mass is 16.7. The molecule has 0 radical (unpaired) electrons. The molecule has 0 aliphatic rings. The number of carbonyl (C=O) groups excluding carboxylic acids is 1. The number of nitrogens with zero attached hydrogens (tertiary/aromatic N) is 1. The molecule has 1 N–H and O–H groups in total. The third-order valence-electron chi connectivity index (χ3n) is 2.42. The van der Waals surface area contributed by atoms with Gasteiger partial charge < -0.3 is 5.11 Å². The van der Waals surface area contributed by atoms with Gasteiger partial charge in [-0.15, -0.1) is 0 Å². The third kappa shape index (κ3) is 4.22. The minimum atomic E-state index is -1.29. The highest BCUT2D eigenvalue weighted by Crippen LogP contribution is 2.11. The predicted octanol–water partition coefficient (Wildman–Crippen LogP) is 2.46. The van der Waals surface area contributed by atoms with Gasteiger partial charge in [0.15, 0.2) is 5.70 Å². The second kappa shape index (κ2) is 7.33. The van der Waals surface area contributed by atoms with E-state index in [1.165, 1.54) is 0 Å². The van der Waals surface area contributed by atoms with E-state index >= 15 is 0 Å². The van der Waals surface area contributed by atoms with Crippen LogP contribution in [0.25, 0.3) is 0 Å². The van der Waals surface area contributed by atoms with E-state index in [1.54, 1.807) is 30.3 Å². The van der Waals surface area contributed by atoms with Crippen LogP contribution in [0.4, 0.5) is 0 Å². The average Bonchev–Trinajstić information content (AvgIpc) is 2.43. The van der Waals surface area contributed by atoms with E-state index < -0.39 is 17.6 Å². The zero-order valence-electron chi connectivity index (χ0n) is 10.8. The Labute approximate surface area is 112 Å². The molecule has 102 valence electrons. The van der Waals surface area contributed by atoms with Crippen LogP contribution >= 0.6 is 0 Å². The molecule has 1 aromatic rings. The average molecular weight is 263 g/mol. The molecule has 5 nitrogen and oxygen atoms in total. The van der Waals surface area contributed by atoms with Crippen molar-refractivity contribution in [1.82, 2.24) is 5.06 Å². The number of carboxylic acids is 1. The van der Waals surface area contributed by atoms with Crippen molar-refractivity contribution in [3.63, 3.8) is 0 Å². The van der Waals surface area contributed by atoms with E-state index in [0.717, 1.165) is 17.9 Å². The quantitative estimate of drug-likeness (QED) is 0.466. The number of hydroxylamine groups is 2. The fourth-order valence-corrected chi connectivity index (χ4v) is 1.34. The molecule has 1 rings (SSSR count). The van der Waals surface area contributed by atoms with E-state index in [4.69, 9.17) is 9.94 Å². The fourth-order valence-electron chi connectivity index (χ4n) is 1.34. The summed E-state index contributed by atoms with van der Waals surface area (Å²) in [5.41, 5.74) is -0.0497. The maximum absolute atomic E-state index is 12.2. The lowest BCUT2D eigenvalue weighted by Crippen LogP contribution is -2.33. The smallest absolute Gasteiger partial charge is 0.354 e. The fraction of sp³-hybridized carbons (Fsp3) is 0.286. The Morgan fingerprint density at radius 1 is 1.32 bits per heavy atom. The molecule has 0 atom stereocenters. The van der Waals surface area contributed by atoms with Crippen LogP contribution in [-0.4, -0.2) is 28.7 Å². The summed E-state index contributed by atoms with van der Waals surface area (Å²) < 4.78 is 0. The molecule has 0 heterocycles. The molecule has 1 amide bonds. The summed E-state index contributed by atoms with van der Waals surface area (Å²) in [6.07, 6.45) is 1.61. The molecular weight excluding hydrogens is 246 g/mol. The molecule has 19 heavy (non-hydrogen) atoms. The zero-order valence-corrected chi connectivity index (χ0v) is 10.8. The Bertz CT molecular complexity index is 456. The molecule has 0 aromatic heterocycles. The number of carbonyl (C=O) groups is 2. The Morgan fingerprint density at radius 3 is 2.47 bits per heavy atom. The Balaban J connectivity index is 2.86.